The summed E-state index contributed by atoms with van der Waals surface area (Å²) in [6.07, 6.45) is 0. The summed E-state index contributed by atoms with van der Waals surface area (Å²) in [4.78, 5) is 31.6. The third-order valence-corrected chi connectivity index (χ3v) is 7.26. The molecule has 0 radical (unpaired) electrons. The second-order valence-corrected chi connectivity index (χ2v) is 9.92. The van der Waals surface area contributed by atoms with Crippen molar-refractivity contribution in [3.63, 3.8) is 0 Å². The Morgan fingerprint density at radius 2 is 1.72 bits per heavy atom. The molecular weight excluding hydrogens is 534 g/mol. The van der Waals surface area contributed by atoms with Gasteiger partial charge in [-0.1, -0.05) is 53.7 Å². The van der Waals surface area contributed by atoms with Crippen LogP contribution in [0.25, 0.3) is 16.6 Å². The van der Waals surface area contributed by atoms with Crippen molar-refractivity contribution in [3.8, 4) is 17.2 Å². The number of aromatic nitrogens is 2. The molecule has 0 spiro atoms. The average Bonchev–Trinajstić information content (AvgIpc) is 2.96. The zero-order valence-electron chi connectivity index (χ0n) is 21.2. The molecule has 1 aromatic heterocycles. The van der Waals surface area contributed by atoms with Crippen LogP contribution in [-0.2, 0) is 5.75 Å². The minimum Gasteiger partial charge on any atom is -0.493 e. The highest BCUT2D eigenvalue weighted by atomic mass is 35.5. The number of benzene rings is 4. The predicted molar refractivity (Wildman–Crippen MR) is 156 cm³/mol. The number of para-hydroxylation sites is 1. The number of carbonyl (C=O) groups excluding carboxylic acids is 1. The van der Waals surface area contributed by atoms with E-state index in [4.69, 9.17) is 26.1 Å². The van der Waals surface area contributed by atoms with Gasteiger partial charge in [0.05, 0.1) is 30.8 Å². The first kappa shape index (κ1) is 26.3. The third kappa shape index (κ3) is 5.77. The molecule has 0 aliphatic rings. The first-order chi connectivity index (χ1) is 19.0. The fourth-order valence-electron chi connectivity index (χ4n) is 4.10. The molecule has 0 aliphatic heterocycles. The molecule has 0 saturated carbocycles. The van der Waals surface area contributed by atoms with Crippen LogP contribution in [0.3, 0.4) is 0 Å². The molecule has 1 N–H and O–H groups in total. The van der Waals surface area contributed by atoms with Gasteiger partial charge >= 0.3 is 0 Å². The second-order valence-electron chi connectivity index (χ2n) is 8.54. The lowest BCUT2D eigenvalue weighted by Crippen LogP contribution is -2.22. The molecule has 5 rings (SSSR count). The Labute approximate surface area is 234 Å². The fraction of sp³-hybridized carbons (Fsp3) is 0.100. The van der Waals surface area contributed by atoms with Gasteiger partial charge in [0, 0.05) is 28.1 Å². The van der Waals surface area contributed by atoms with Crippen molar-refractivity contribution in [1.29, 1.82) is 0 Å². The highest BCUT2D eigenvalue weighted by molar-refractivity contribution is 7.98. The number of amides is 1. The summed E-state index contributed by atoms with van der Waals surface area (Å²) in [6, 6.07) is 26.9. The zero-order valence-corrected chi connectivity index (χ0v) is 22.8. The lowest BCUT2D eigenvalue weighted by molar-refractivity contribution is 0.102. The lowest BCUT2D eigenvalue weighted by atomic mass is 10.1. The molecular formula is C30H24ClN3O4S. The number of hydrogen-bond donors (Lipinski definition) is 1. The highest BCUT2D eigenvalue weighted by Gasteiger charge is 2.16. The van der Waals surface area contributed by atoms with E-state index in [-0.39, 0.29) is 11.5 Å². The summed E-state index contributed by atoms with van der Waals surface area (Å²) in [5.41, 5.74) is 2.84. The first-order valence-corrected chi connectivity index (χ1v) is 13.4. The summed E-state index contributed by atoms with van der Waals surface area (Å²) >= 11 is 7.59. The topological polar surface area (TPSA) is 82.5 Å². The molecule has 9 heteroatoms. The minimum absolute atomic E-state index is 0.216. The molecule has 0 aliphatic carbocycles. The first-order valence-electron chi connectivity index (χ1n) is 12.0. The molecule has 0 fully saturated rings. The van der Waals surface area contributed by atoms with Crippen molar-refractivity contribution in [2.24, 2.45) is 0 Å². The lowest BCUT2D eigenvalue weighted by Gasteiger charge is -2.14. The summed E-state index contributed by atoms with van der Waals surface area (Å²) in [6.45, 7) is 0. The van der Waals surface area contributed by atoms with Gasteiger partial charge < -0.3 is 14.8 Å². The van der Waals surface area contributed by atoms with Gasteiger partial charge in [0.1, 0.15) is 0 Å². The van der Waals surface area contributed by atoms with Gasteiger partial charge in [-0.3, -0.25) is 14.2 Å². The molecule has 0 atom stereocenters. The van der Waals surface area contributed by atoms with E-state index in [1.165, 1.54) is 18.9 Å². The Morgan fingerprint density at radius 3 is 2.46 bits per heavy atom. The standard InChI is InChI=1S/C30H24ClN3O4S/c1-37-26-14-12-22(17-27(26)38-2)32-28(35)20-11-13-24-25(16-20)33-30(39-18-19-7-6-8-21(31)15-19)34(29(24)36)23-9-4-3-5-10-23/h3-17H,18H2,1-2H3,(H,32,35). The van der Waals surface area contributed by atoms with Gasteiger partial charge in [-0.2, -0.15) is 0 Å². The van der Waals surface area contributed by atoms with E-state index in [2.05, 4.69) is 5.32 Å². The molecule has 196 valence electrons. The van der Waals surface area contributed by atoms with Gasteiger partial charge in [-0.05, 0) is 60.2 Å². The van der Waals surface area contributed by atoms with E-state index in [9.17, 15) is 9.59 Å². The van der Waals surface area contributed by atoms with Crippen molar-refractivity contribution in [2.75, 3.05) is 19.5 Å². The number of nitrogens with zero attached hydrogens (tertiary/aromatic N) is 2. The predicted octanol–water partition coefficient (Wildman–Crippen LogP) is 6.60. The number of anilines is 1. The quantitative estimate of drug-likeness (QED) is 0.171. The number of thioether (sulfide) groups is 1. The van der Waals surface area contributed by atoms with Crippen LogP contribution in [-0.4, -0.2) is 29.7 Å². The Hall–Kier alpha value is -4.27. The molecule has 4 aromatic carbocycles. The van der Waals surface area contributed by atoms with E-state index >= 15 is 0 Å². The van der Waals surface area contributed by atoms with Gasteiger partial charge in [0.15, 0.2) is 16.7 Å². The van der Waals surface area contributed by atoms with E-state index in [1.807, 2.05) is 54.6 Å². The van der Waals surface area contributed by atoms with Crippen LogP contribution >= 0.6 is 23.4 Å². The normalized spacial score (nSPS) is 10.8. The van der Waals surface area contributed by atoms with E-state index in [1.54, 1.807) is 48.1 Å². The van der Waals surface area contributed by atoms with Crippen LogP contribution in [0.5, 0.6) is 11.5 Å². The largest absolute Gasteiger partial charge is 0.493 e. The van der Waals surface area contributed by atoms with E-state index in [0.29, 0.717) is 55.3 Å². The molecule has 7 nitrogen and oxygen atoms in total. The van der Waals surface area contributed by atoms with Crippen LogP contribution < -0.4 is 20.3 Å². The van der Waals surface area contributed by atoms with Crippen LogP contribution in [0, 0.1) is 0 Å². The number of fused-ring (bicyclic) bond motifs is 1. The van der Waals surface area contributed by atoms with E-state index in [0.717, 1.165) is 5.56 Å². The molecule has 5 aromatic rings. The summed E-state index contributed by atoms with van der Waals surface area (Å²) in [7, 11) is 3.08. The maximum atomic E-state index is 13.7. The Kier molecular flexibility index (Phi) is 7.86. The monoisotopic (exact) mass is 557 g/mol. The molecule has 0 unspecified atom stereocenters. The van der Waals surface area contributed by atoms with Crippen LogP contribution in [0.2, 0.25) is 5.02 Å². The second kappa shape index (κ2) is 11.6. The van der Waals surface area contributed by atoms with Crippen LogP contribution in [0.1, 0.15) is 15.9 Å². The van der Waals surface area contributed by atoms with Gasteiger partial charge in [-0.25, -0.2) is 4.98 Å². The summed E-state index contributed by atoms with van der Waals surface area (Å²) < 4.78 is 12.2. The minimum atomic E-state index is -0.341. The number of methoxy groups -OCH3 is 2. The SMILES string of the molecule is COc1ccc(NC(=O)c2ccc3c(=O)n(-c4ccccc4)c(SCc4cccc(Cl)c4)nc3c2)cc1OC. The fourth-order valence-corrected chi connectivity index (χ4v) is 5.27. The van der Waals surface area contributed by atoms with Gasteiger partial charge in [0.25, 0.3) is 11.5 Å². The number of rotatable bonds is 8. The summed E-state index contributed by atoms with van der Waals surface area (Å²) in [5, 5.41) is 4.43. The highest BCUT2D eigenvalue weighted by Crippen LogP contribution is 2.30. The number of ether oxygens (including phenoxy) is 2. The number of hydrogen-bond acceptors (Lipinski definition) is 6. The van der Waals surface area contributed by atoms with Gasteiger partial charge in [0.2, 0.25) is 0 Å². The maximum Gasteiger partial charge on any atom is 0.266 e. The number of halogens is 1. The van der Waals surface area contributed by atoms with Gasteiger partial charge in [-0.15, -0.1) is 0 Å². The van der Waals surface area contributed by atoms with Crippen LogP contribution in [0.4, 0.5) is 5.69 Å². The van der Waals surface area contributed by atoms with Crippen molar-refractivity contribution in [3.05, 3.63) is 117 Å². The van der Waals surface area contributed by atoms with Crippen LogP contribution in [0.15, 0.2) is 101 Å². The zero-order chi connectivity index (χ0) is 27.4. The van der Waals surface area contributed by atoms with E-state index < -0.39 is 0 Å². The number of carbonyl (C=O) groups is 1. The third-order valence-electron chi connectivity index (χ3n) is 6.01. The molecule has 1 amide bonds. The Balaban J connectivity index is 1.52. The summed E-state index contributed by atoms with van der Waals surface area (Å²) in [5.74, 6) is 1.28. The van der Waals surface area contributed by atoms with Crippen molar-refractivity contribution < 1.29 is 14.3 Å². The molecule has 0 bridgehead atoms. The average molecular weight is 558 g/mol. The maximum absolute atomic E-state index is 13.7. The van der Waals surface area contributed by atoms with Crippen molar-refractivity contribution >= 4 is 45.9 Å². The Bertz CT molecular complexity index is 1720. The number of nitrogens with one attached hydrogen (secondary N) is 1. The smallest absolute Gasteiger partial charge is 0.266 e. The molecule has 39 heavy (non-hydrogen) atoms. The van der Waals surface area contributed by atoms with Crippen molar-refractivity contribution in [2.45, 2.75) is 10.9 Å². The Morgan fingerprint density at radius 1 is 0.923 bits per heavy atom. The van der Waals surface area contributed by atoms with Crippen molar-refractivity contribution in [1.82, 2.24) is 9.55 Å². The molecule has 1 heterocycles. The molecule has 0 saturated heterocycles.